The summed E-state index contributed by atoms with van der Waals surface area (Å²) in [6.45, 7) is 3.94. The average molecular weight is 292 g/mol. The van der Waals surface area contributed by atoms with E-state index in [4.69, 9.17) is 5.11 Å². The summed E-state index contributed by atoms with van der Waals surface area (Å²) in [5, 5.41) is 12.9. The van der Waals surface area contributed by atoms with Crippen LogP contribution in [0.1, 0.15) is 32.3 Å². The summed E-state index contributed by atoms with van der Waals surface area (Å²) in [5.41, 5.74) is 1.13. The summed E-state index contributed by atoms with van der Waals surface area (Å²) in [5.74, 6) is -0.403. The fraction of sp³-hybridized carbons (Fsp3) is 0.438. The molecular formula is C16H21FN2O2. The van der Waals surface area contributed by atoms with Crippen LogP contribution in [0, 0.1) is 5.82 Å². The molecule has 0 aliphatic carbocycles. The number of hydrogen-bond acceptors (Lipinski definition) is 2. The van der Waals surface area contributed by atoms with Crippen molar-refractivity contribution in [2.45, 2.75) is 38.6 Å². The van der Waals surface area contributed by atoms with E-state index in [0.717, 1.165) is 17.4 Å². The van der Waals surface area contributed by atoms with Crippen LogP contribution in [0.25, 0.3) is 10.9 Å². The molecule has 1 unspecified atom stereocenters. The van der Waals surface area contributed by atoms with E-state index in [1.807, 2.05) is 13.8 Å². The van der Waals surface area contributed by atoms with E-state index in [1.54, 1.807) is 12.3 Å². The van der Waals surface area contributed by atoms with Gasteiger partial charge in [-0.15, -0.1) is 0 Å². The number of benzene rings is 1. The Morgan fingerprint density at radius 3 is 2.90 bits per heavy atom. The van der Waals surface area contributed by atoms with Gasteiger partial charge in [-0.25, -0.2) is 4.39 Å². The molecule has 0 saturated heterocycles. The van der Waals surface area contributed by atoms with Gasteiger partial charge in [-0.2, -0.15) is 0 Å². The van der Waals surface area contributed by atoms with E-state index in [2.05, 4.69) is 10.3 Å². The molecule has 0 aliphatic rings. The molecule has 5 heteroatoms. The van der Waals surface area contributed by atoms with Gasteiger partial charge in [-0.05, 0) is 43.5 Å². The molecule has 2 rings (SSSR count). The van der Waals surface area contributed by atoms with Crippen LogP contribution in [-0.2, 0) is 11.2 Å². The number of carbonyl (C=O) groups excluding carboxylic acids is 1. The van der Waals surface area contributed by atoms with Crippen LogP contribution >= 0.6 is 0 Å². The van der Waals surface area contributed by atoms with E-state index in [1.165, 1.54) is 12.1 Å². The van der Waals surface area contributed by atoms with Gasteiger partial charge in [0.1, 0.15) is 5.82 Å². The predicted molar refractivity (Wildman–Crippen MR) is 80.5 cm³/mol. The molecule has 1 heterocycles. The molecule has 0 fully saturated rings. The average Bonchev–Trinajstić information content (AvgIpc) is 2.81. The van der Waals surface area contributed by atoms with Crippen molar-refractivity contribution >= 4 is 16.8 Å². The van der Waals surface area contributed by atoms with Crippen LogP contribution in [0.2, 0.25) is 0 Å². The second-order valence-electron chi connectivity index (χ2n) is 5.62. The second-order valence-corrected chi connectivity index (χ2v) is 5.62. The highest BCUT2D eigenvalue weighted by Gasteiger charge is 2.23. The first-order valence-electron chi connectivity index (χ1n) is 7.15. The first-order chi connectivity index (χ1) is 9.97. The predicted octanol–water partition coefficient (Wildman–Crippen LogP) is 2.52. The fourth-order valence-corrected chi connectivity index (χ4v) is 2.43. The molecule has 0 spiro atoms. The highest BCUT2D eigenvalue weighted by Crippen LogP contribution is 2.20. The van der Waals surface area contributed by atoms with Crippen molar-refractivity contribution in [3.05, 3.63) is 35.8 Å². The molecule has 0 saturated carbocycles. The number of carbonyl (C=O) groups is 1. The lowest BCUT2D eigenvalue weighted by molar-refractivity contribution is -0.122. The fourth-order valence-electron chi connectivity index (χ4n) is 2.43. The summed E-state index contributed by atoms with van der Waals surface area (Å²) < 4.78 is 13.1. The zero-order valence-electron chi connectivity index (χ0n) is 12.4. The van der Waals surface area contributed by atoms with E-state index >= 15 is 0 Å². The van der Waals surface area contributed by atoms with Gasteiger partial charge in [0, 0.05) is 29.2 Å². The summed E-state index contributed by atoms with van der Waals surface area (Å²) in [6.07, 6.45) is 3.23. The van der Waals surface area contributed by atoms with Crippen molar-refractivity contribution in [1.82, 2.24) is 10.3 Å². The van der Waals surface area contributed by atoms with Crippen molar-refractivity contribution < 1.29 is 14.3 Å². The van der Waals surface area contributed by atoms with Crippen LogP contribution in [0.4, 0.5) is 4.39 Å². The number of amides is 1. The Morgan fingerprint density at radius 1 is 1.48 bits per heavy atom. The maximum Gasteiger partial charge on any atom is 0.224 e. The number of fused-ring (bicyclic) bond motifs is 1. The molecule has 0 aliphatic heterocycles. The Balaban J connectivity index is 2.11. The lowest BCUT2D eigenvalue weighted by Gasteiger charge is -2.29. The Bertz CT molecular complexity index is 638. The van der Waals surface area contributed by atoms with Gasteiger partial charge in [0.2, 0.25) is 5.91 Å². The maximum absolute atomic E-state index is 13.1. The van der Waals surface area contributed by atoms with E-state index in [-0.39, 0.29) is 24.8 Å². The second kappa shape index (κ2) is 6.26. The minimum Gasteiger partial charge on any atom is -0.396 e. The topological polar surface area (TPSA) is 65.1 Å². The van der Waals surface area contributed by atoms with Crippen molar-refractivity contribution in [2.75, 3.05) is 6.61 Å². The number of H-pyrrole nitrogens is 1. The Labute approximate surface area is 123 Å². The SMILES string of the molecule is CCC(C)(CCO)NC(=O)Cc1c[nH]c2cc(F)ccc12. The molecule has 0 radical (unpaired) electrons. The van der Waals surface area contributed by atoms with Gasteiger partial charge >= 0.3 is 0 Å². The van der Waals surface area contributed by atoms with Crippen LogP contribution in [0.5, 0.6) is 0 Å². The molecule has 3 N–H and O–H groups in total. The van der Waals surface area contributed by atoms with Crippen LogP contribution < -0.4 is 5.32 Å². The van der Waals surface area contributed by atoms with Crippen molar-refractivity contribution in [2.24, 2.45) is 0 Å². The molecule has 2 aromatic rings. The minimum absolute atomic E-state index is 0.0387. The number of halogens is 1. The zero-order valence-corrected chi connectivity index (χ0v) is 12.4. The van der Waals surface area contributed by atoms with Gasteiger partial charge in [-0.3, -0.25) is 4.79 Å². The maximum atomic E-state index is 13.1. The zero-order chi connectivity index (χ0) is 15.5. The van der Waals surface area contributed by atoms with Crippen LogP contribution in [0.3, 0.4) is 0 Å². The normalized spacial score (nSPS) is 14.1. The largest absolute Gasteiger partial charge is 0.396 e. The van der Waals surface area contributed by atoms with Crippen molar-refractivity contribution in [3.8, 4) is 0 Å². The van der Waals surface area contributed by atoms with E-state index in [9.17, 15) is 9.18 Å². The van der Waals surface area contributed by atoms with Gasteiger partial charge < -0.3 is 15.4 Å². The quantitative estimate of drug-likeness (QED) is 0.766. The summed E-state index contributed by atoms with van der Waals surface area (Å²) in [6, 6.07) is 4.48. The summed E-state index contributed by atoms with van der Waals surface area (Å²) >= 11 is 0. The van der Waals surface area contributed by atoms with Crippen molar-refractivity contribution in [1.29, 1.82) is 0 Å². The molecule has 1 aromatic carbocycles. The lowest BCUT2D eigenvalue weighted by Crippen LogP contribution is -2.46. The molecular weight excluding hydrogens is 271 g/mol. The molecule has 0 bridgehead atoms. The Kier molecular flexibility index (Phi) is 4.63. The number of aromatic amines is 1. The van der Waals surface area contributed by atoms with Crippen LogP contribution in [-0.4, -0.2) is 28.1 Å². The monoisotopic (exact) mass is 292 g/mol. The highest BCUT2D eigenvalue weighted by atomic mass is 19.1. The van der Waals surface area contributed by atoms with Crippen molar-refractivity contribution in [3.63, 3.8) is 0 Å². The molecule has 1 atom stereocenters. The lowest BCUT2D eigenvalue weighted by atomic mass is 9.94. The first-order valence-corrected chi connectivity index (χ1v) is 7.15. The number of rotatable bonds is 6. The first kappa shape index (κ1) is 15.5. The summed E-state index contributed by atoms with van der Waals surface area (Å²) in [7, 11) is 0. The van der Waals surface area contributed by atoms with E-state index < -0.39 is 5.54 Å². The number of aromatic nitrogens is 1. The van der Waals surface area contributed by atoms with Gasteiger partial charge in [-0.1, -0.05) is 6.92 Å². The van der Waals surface area contributed by atoms with E-state index in [0.29, 0.717) is 11.9 Å². The third-order valence-electron chi connectivity index (χ3n) is 3.97. The third-order valence-corrected chi connectivity index (χ3v) is 3.97. The highest BCUT2D eigenvalue weighted by molar-refractivity contribution is 5.89. The van der Waals surface area contributed by atoms with Gasteiger partial charge in [0.15, 0.2) is 0 Å². The molecule has 1 amide bonds. The number of aliphatic hydroxyl groups excluding tert-OH is 1. The Morgan fingerprint density at radius 2 is 2.24 bits per heavy atom. The standard InChI is InChI=1S/C16H21FN2O2/c1-3-16(2,6-7-20)19-15(21)8-11-10-18-14-9-12(17)4-5-13(11)14/h4-5,9-10,18,20H,3,6-8H2,1-2H3,(H,19,21). The minimum atomic E-state index is -0.399. The third kappa shape index (κ3) is 3.61. The summed E-state index contributed by atoms with van der Waals surface area (Å²) in [4.78, 5) is 15.2. The smallest absolute Gasteiger partial charge is 0.224 e. The molecule has 4 nitrogen and oxygen atoms in total. The van der Waals surface area contributed by atoms with Gasteiger partial charge in [0.05, 0.1) is 6.42 Å². The number of hydrogen-bond donors (Lipinski definition) is 3. The Hall–Kier alpha value is -1.88. The van der Waals surface area contributed by atoms with Gasteiger partial charge in [0.25, 0.3) is 0 Å². The number of nitrogens with one attached hydrogen (secondary N) is 2. The molecule has 114 valence electrons. The van der Waals surface area contributed by atoms with Crippen LogP contribution in [0.15, 0.2) is 24.4 Å². The molecule has 1 aromatic heterocycles. The molecule has 21 heavy (non-hydrogen) atoms. The number of aliphatic hydroxyl groups is 1.